The number of nitrogens with one attached hydrogen (secondary N) is 1. The smallest absolute Gasteiger partial charge is 0.231 e. The Morgan fingerprint density at radius 2 is 2.17 bits per heavy atom. The van der Waals surface area contributed by atoms with E-state index in [9.17, 15) is 14.0 Å². The lowest BCUT2D eigenvalue weighted by Crippen LogP contribution is -2.42. The zero-order valence-electron chi connectivity index (χ0n) is 13.2. The molecule has 3 rings (SSSR count). The van der Waals surface area contributed by atoms with Crippen LogP contribution in [-0.4, -0.2) is 33.8 Å². The molecule has 2 amide bonds. The summed E-state index contributed by atoms with van der Waals surface area (Å²) in [6.07, 6.45) is 0.211. The normalized spacial score (nSPS) is 18.7. The van der Waals surface area contributed by atoms with Gasteiger partial charge in [-0.1, -0.05) is 11.3 Å². The molecule has 0 aliphatic carbocycles. The number of carbonyl (C=O) groups excluding carboxylic acids is 2. The molecule has 1 aliphatic rings. The van der Waals surface area contributed by atoms with Crippen molar-refractivity contribution in [2.75, 3.05) is 11.9 Å². The number of fused-ring (bicyclic) bond motifs is 1. The van der Waals surface area contributed by atoms with Crippen LogP contribution in [0, 0.1) is 11.7 Å². The van der Waals surface area contributed by atoms with E-state index in [0.717, 1.165) is 0 Å². The highest BCUT2D eigenvalue weighted by molar-refractivity contribution is 7.22. The molecule has 1 atom stereocenters. The summed E-state index contributed by atoms with van der Waals surface area (Å²) in [5.41, 5.74) is 0.352. The van der Waals surface area contributed by atoms with Crippen LogP contribution in [0.25, 0.3) is 10.2 Å². The lowest BCUT2D eigenvalue weighted by molar-refractivity contribution is -0.131. The number of rotatable bonds is 2. The Kier molecular flexibility index (Phi) is 3.83. The van der Waals surface area contributed by atoms with Crippen molar-refractivity contribution in [3.63, 3.8) is 0 Å². The van der Waals surface area contributed by atoms with Crippen molar-refractivity contribution < 1.29 is 14.0 Å². The molecule has 0 bridgehead atoms. The minimum absolute atomic E-state index is 0.0102. The lowest BCUT2D eigenvalue weighted by atomic mass is 10.1. The van der Waals surface area contributed by atoms with Gasteiger partial charge in [-0.3, -0.25) is 9.59 Å². The molecule has 0 saturated carbocycles. The van der Waals surface area contributed by atoms with Crippen molar-refractivity contribution in [1.82, 2.24) is 9.88 Å². The van der Waals surface area contributed by atoms with Crippen molar-refractivity contribution in [2.45, 2.75) is 32.7 Å². The zero-order valence-corrected chi connectivity index (χ0v) is 14.0. The van der Waals surface area contributed by atoms with E-state index in [0.29, 0.717) is 21.9 Å². The summed E-state index contributed by atoms with van der Waals surface area (Å²) in [5, 5.41) is 3.18. The molecule has 1 aliphatic heterocycles. The van der Waals surface area contributed by atoms with Crippen molar-refractivity contribution >= 4 is 38.5 Å². The molecule has 1 aromatic carbocycles. The van der Waals surface area contributed by atoms with Crippen LogP contribution in [0.2, 0.25) is 0 Å². The third kappa shape index (κ3) is 3.19. The maximum absolute atomic E-state index is 13.2. The number of amides is 2. The number of aromatic nitrogens is 1. The number of hydrogen-bond donors (Lipinski definition) is 1. The number of carbonyl (C=O) groups is 2. The monoisotopic (exact) mass is 335 g/mol. The maximum atomic E-state index is 13.2. The second kappa shape index (κ2) is 5.56. The largest absolute Gasteiger partial charge is 0.337 e. The fourth-order valence-electron chi connectivity index (χ4n) is 2.69. The fourth-order valence-corrected chi connectivity index (χ4v) is 3.58. The first-order valence-corrected chi connectivity index (χ1v) is 8.23. The second-order valence-electron chi connectivity index (χ2n) is 6.70. The third-order valence-corrected chi connectivity index (χ3v) is 4.82. The molecule has 7 heteroatoms. The topological polar surface area (TPSA) is 62.3 Å². The second-order valence-corrected chi connectivity index (χ2v) is 7.73. The van der Waals surface area contributed by atoms with Crippen LogP contribution in [0.4, 0.5) is 9.52 Å². The highest BCUT2D eigenvalue weighted by Crippen LogP contribution is 2.29. The van der Waals surface area contributed by atoms with E-state index in [2.05, 4.69) is 10.3 Å². The molecule has 2 heterocycles. The molecular weight excluding hydrogens is 317 g/mol. The number of hydrogen-bond acceptors (Lipinski definition) is 4. The summed E-state index contributed by atoms with van der Waals surface area (Å²) in [6.45, 7) is 6.27. The Bertz CT molecular complexity index is 781. The van der Waals surface area contributed by atoms with Gasteiger partial charge in [-0.15, -0.1) is 0 Å². The van der Waals surface area contributed by atoms with Crippen molar-refractivity contribution in [1.29, 1.82) is 0 Å². The molecule has 1 unspecified atom stereocenters. The van der Waals surface area contributed by atoms with Gasteiger partial charge < -0.3 is 10.2 Å². The molecule has 1 N–H and O–H groups in total. The van der Waals surface area contributed by atoms with E-state index in [-0.39, 0.29) is 35.5 Å². The van der Waals surface area contributed by atoms with Crippen LogP contribution < -0.4 is 5.32 Å². The average molecular weight is 335 g/mol. The molecule has 122 valence electrons. The number of nitrogens with zero attached hydrogens (tertiary/aromatic N) is 2. The Labute approximate surface area is 137 Å². The lowest BCUT2D eigenvalue weighted by Gasteiger charge is -2.31. The van der Waals surface area contributed by atoms with Crippen molar-refractivity contribution in [3.05, 3.63) is 24.0 Å². The first-order valence-electron chi connectivity index (χ1n) is 7.41. The standard InChI is InChI=1S/C16H18FN3O2S/c1-16(2,3)20-8-9(6-13(20)21)14(22)19-15-18-11-5-4-10(17)7-12(11)23-15/h4-5,7,9H,6,8H2,1-3H3,(H,18,19,22). The summed E-state index contributed by atoms with van der Waals surface area (Å²) >= 11 is 1.22. The highest BCUT2D eigenvalue weighted by atomic mass is 32.1. The van der Waals surface area contributed by atoms with Gasteiger partial charge in [0.1, 0.15) is 5.82 Å². The molecule has 0 spiro atoms. The molecule has 1 fully saturated rings. The zero-order chi connectivity index (χ0) is 16.8. The van der Waals surface area contributed by atoms with Crippen LogP contribution in [0.3, 0.4) is 0 Å². The quantitative estimate of drug-likeness (QED) is 0.917. The van der Waals surface area contributed by atoms with E-state index < -0.39 is 0 Å². The Morgan fingerprint density at radius 1 is 1.43 bits per heavy atom. The Balaban J connectivity index is 1.72. The van der Waals surface area contributed by atoms with Crippen molar-refractivity contribution in [3.8, 4) is 0 Å². The molecule has 0 radical (unpaired) electrons. The van der Waals surface area contributed by atoms with Gasteiger partial charge in [0.15, 0.2) is 5.13 Å². The molecule has 23 heavy (non-hydrogen) atoms. The summed E-state index contributed by atoms with van der Waals surface area (Å²) in [7, 11) is 0. The number of thiazole rings is 1. The Hall–Kier alpha value is -2.02. The summed E-state index contributed by atoms with van der Waals surface area (Å²) in [4.78, 5) is 30.4. The predicted octanol–water partition coefficient (Wildman–Crippen LogP) is 3.02. The van der Waals surface area contributed by atoms with Gasteiger partial charge in [-0.2, -0.15) is 0 Å². The average Bonchev–Trinajstić information content (AvgIpc) is 3.00. The van der Waals surface area contributed by atoms with E-state index in [4.69, 9.17) is 0 Å². The van der Waals surface area contributed by atoms with E-state index in [1.54, 1.807) is 11.0 Å². The van der Waals surface area contributed by atoms with Gasteiger partial charge in [0, 0.05) is 18.5 Å². The van der Waals surface area contributed by atoms with Gasteiger partial charge in [0.25, 0.3) is 0 Å². The van der Waals surface area contributed by atoms with Gasteiger partial charge in [0.2, 0.25) is 11.8 Å². The minimum Gasteiger partial charge on any atom is -0.337 e. The number of likely N-dealkylation sites (tertiary alicyclic amines) is 1. The predicted molar refractivity (Wildman–Crippen MR) is 87.8 cm³/mol. The summed E-state index contributed by atoms with van der Waals surface area (Å²) in [6, 6.07) is 4.31. The Morgan fingerprint density at radius 3 is 2.83 bits per heavy atom. The first kappa shape index (κ1) is 15.9. The molecule has 5 nitrogen and oxygen atoms in total. The van der Waals surface area contributed by atoms with Crippen LogP contribution in [-0.2, 0) is 9.59 Å². The van der Waals surface area contributed by atoms with Gasteiger partial charge >= 0.3 is 0 Å². The summed E-state index contributed by atoms with van der Waals surface area (Å²) < 4.78 is 13.9. The van der Waals surface area contributed by atoms with Crippen LogP contribution >= 0.6 is 11.3 Å². The minimum atomic E-state index is -0.384. The van der Waals surface area contributed by atoms with E-state index in [1.165, 1.54) is 23.5 Å². The molecule has 1 saturated heterocycles. The van der Waals surface area contributed by atoms with Gasteiger partial charge in [-0.05, 0) is 39.0 Å². The van der Waals surface area contributed by atoms with Crippen LogP contribution in [0.15, 0.2) is 18.2 Å². The van der Waals surface area contributed by atoms with Gasteiger partial charge in [0.05, 0.1) is 16.1 Å². The maximum Gasteiger partial charge on any atom is 0.231 e. The molecular formula is C16H18FN3O2S. The van der Waals surface area contributed by atoms with Gasteiger partial charge in [-0.25, -0.2) is 9.37 Å². The van der Waals surface area contributed by atoms with Crippen molar-refractivity contribution in [2.24, 2.45) is 5.92 Å². The number of halogens is 1. The molecule has 2 aromatic rings. The van der Waals surface area contributed by atoms with Crippen LogP contribution in [0.1, 0.15) is 27.2 Å². The first-order chi connectivity index (χ1) is 10.7. The van der Waals surface area contributed by atoms with Crippen LogP contribution in [0.5, 0.6) is 0 Å². The van der Waals surface area contributed by atoms with E-state index >= 15 is 0 Å². The third-order valence-electron chi connectivity index (χ3n) is 3.89. The SMILES string of the molecule is CC(C)(C)N1CC(C(=O)Nc2nc3ccc(F)cc3s2)CC1=O. The summed E-state index contributed by atoms with van der Waals surface area (Å²) in [5.74, 6) is -0.944. The number of benzene rings is 1. The molecule has 1 aromatic heterocycles. The van der Waals surface area contributed by atoms with E-state index in [1.807, 2.05) is 20.8 Å². The highest BCUT2D eigenvalue weighted by Gasteiger charge is 2.39. The fraction of sp³-hybridized carbons (Fsp3) is 0.438. The number of anilines is 1.